The van der Waals surface area contributed by atoms with Crippen LogP contribution >= 0.6 is 0 Å². The fraction of sp³-hybridized carbons (Fsp3) is 0.561. The van der Waals surface area contributed by atoms with Crippen LogP contribution in [0.15, 0.2) is 97.2 Å². The van der Waals surface area contributed by atoms with Crippen LogP contribution in [-0.2, 0) is 19.1 Å². The highest BCUT2D eigenvalue weighted by molar-refractivity contribution is 5.70. The van der Waals surface area contributed by atoms with E-state index in [1.807, 2.05) is 36.5 Å². The van der Waals surface area contributed by atoms with Crippen molar-refractivity contribution in [2.24, 2.45) is 0 Å². The molecule has 0 aromatic rings. The molecule has 0 fully saturated rings. The van der Waals surface area contributed by atoms with Crippen molar-refractivity contribution in [3.05, 3.63) is 97.2 Å². The predicted octanol–water partition coefficient (Wildman–Crippen LogP) is 10.9. The molecule has 0 aromatic heterocycles. The molecule has 5 nitrogen and oxygen atoms in total. The number of allylic oxidation sites excluding steroid dienone is 16. The SMILES string of the molecule is CC/C=C/C=C/C=C/C=C/CCCCCC(=O)OCC(CO)OC(=O)CCCCCCCC/C=C/C/C=C/C/C=C/C/C=C/CC. The molecule has 0 aliphatic rings. The van der Waals surface area contributed by atoms with E-state index in [4.69, 9.17) is 9.47 Å². The summed E-state index contributed by atoms with van der Waals surface area (Å²) in [4.78, 5) is 24.2. The molecule has 1 N–H and O–H groups in total. The average Bonchev–Trinajstić information content (AvgIpc) is 3.06. The first-order valence-electron chi connectivity index (χ1n) is 17.8. The number of esters is 2. The van der Waals surface area contributed by atoms with Gasteiger partial charge in [-0.15, -0.1) is 0 Å². The van der Waals surface area contributed by atoms with Gasteiger partial charge < -0.3 is 14.6 Å². The second-order valence-electron chi connectivity index (χ2n) is 11.3. The van der Waals surface area contributed by atoms with Gasteiger partial charge in [0.25, 0.3) is 0 Å². The molecular weight excluding hydrogens is 572 g/mol. The number of aliphatic hydroxyl groups excluding tert-OH is 1. The number of carbonyl (C=O) groups excluding carboxylic acids is 2. The molecule has 0 saturated heterocycles. The molecular formula is C41H64O5. The van der Waals surface area contributed by atoms with Gasteiger partial charge in [-0.05, 0) is 70.6 Å². The average molecular weight is 637 g/mol. The summed E-state index contributed by atoms with van der Waals surface area (Å²) < 4.78 is 10.5. The van der Waals surface area contributed by atoms with E-state index >= 15 is 0 Å². The summed E-state index contributed by atoms with van der Waals surface area (Å²) in [5, 5.41) is 9.52. The molecule has 0 saturated carbocycles. The summed E-state index contributed by atoms with van der Waals surface area (Å²) in [6.45, 7) is 3.80. The summed E-state index contributed by atoms with van der Waals surface area (Å²) >= 11 is 0. The molecule has 1 unspecified atom stereocenters. The Balaban J connectivity index is 3.70. The third-order valence-corrected chi connectivity index (χ3v) is 6.97. The maximum atomic E-state index is 12.1. The smallest absolute Gasteiger partial charge is 0.306 e. The van der Waals surface area contributed by atoms with Crippen LogP contribution < -0.4 is 0 Å². The van der Waals surface area contributed by atoms with E-state index in [1.54, 1.807) is 0 Å². The Bertz CT molecular complexity index is 948. The van der Waals surface area contributed by atoms with E-state index in [0.29, 0.717) is 12.8 Å². The molecule has 0 heterocycles. The molecule has 46 heavy (non-hydrogen) atoms. The first kappa shape index (κ1) is 42.8. The monoisotopic (exact) mass is 636 g/mol. The topological polar surface area (TPSA) is 72.8 Å². The van der Waals surface area contributed by atoms with Gasteiger partial charge in [-0.2, -0.15) is 0 Å². The van der Waals surface area contributed by atoms with Gasteiger partial charge in [-0.3, -0.25) is 9.59 Å². The lowest BCUT2D eigenvalue weighted by Crippen LogP contribution is -2.28. The van der Waals surface area contributed by atoms with E-state index < -0.39 is 6.10 Å². The lowest BCUT2D eigenvalue weighted by molar-refractivity contribution is -0.161. The van der Waals surface area contributed by atoms with Crippen molar-refractivity contribution in [1.82, 2.24) is 0 Å². The molecule has 0 bridgehead atoms. The quantitative estimate of drug-likeness (QED) is 0.0367. The summed E-state index contributed by atoms with van der Waals surface area (Å²) in [6.07, 6.45) is 50.3. The summed E-state index contributed by atoms with van der Waals surface area (Å²) in [7, 11) is 0. The number of aliphatic hydroxyl groups is 1. The lowest BCUT2D eigenvalue weighted by Gasteiger charge is -2.15. The first-order chi connectivity index (χ1) is 22.6. The molecule has 1 atom stereocenters. The van der Waals surface area contributed by atoms with Crippen LogP contribution in [0.4, 0.5) is 0 Å². The third kappa shape index (κ3) is 33.7. The summed E-state index contributed by atoms with van der Waals surface area (Å²) in [6, 6.07) is 0. The van der Waals surface area contributed by atoms with Crippen molar-refractivity contribution < 1.29 is 24.2 Å². The Hall–Kier alpha value is -3.18. The van der Waals surface area contributed by atoms with E-state index in [-0.39, 0.29) is 25.2 Å². The maximum absolute atomic E-state index is 12.1. The number of unbranched alkanes of at least 4 members (excludes halogenated alkanes) is 9. The van der Waals surface area contributed by atoms with Crippen LogP contribution in [0, 0.1) is 0 Å². The van der Waals surface area contributed by atoms with Gasteiger partial charge in [-0.1, -0.05) is 143 Å². The van der Waals surface area contributed by atoms with Crippen LogP contribution in [0.25, 0.3) is 0 Å². The van der Waals surface area contributed by atoms with Crippen LogP contribution in [0.5, 0.6) is 0 Å². The van der Waals surface area contributed by atoms with Gasteiger partial charge in [0, 0.05) is 12.8 Å². The van der Waals surface area contributed by atoms with Gasteiger partial charge in [0.15, 0.2) is 6.10 Å². The van der Waals surface area contributed by atoms with Gasteiger partial charge in [0.2, 0.25) is 0 Å². The summed E-state index contributed by atoms with van der Waals surface area (Å²) in [5.74, 6) is -0.666. The van der Waals surface area contributed by atoms with Gasteiger partial charge in [-0.25, -0.2) is 0 Å². The van der Waals surface area contributed by atoms with Gasteiger partial charge in [0.05, 0.1) is 6.61 Å². The van der Waals surface area contributed by atoms with Gasteiger partial charge in [0.1, 0.15) is 6.61 Å². The number of ether oxygens (including phenoxy) is 2. The molecule has 0 amide bonds. The molecule has 0 aliphatic carbocycles. The minimum atomic E-state index is -0.800. The minimum Gasteiger partial charge on any atom is -0.462 e. The zero-order chi connectivity index (χ0) is 33.6. The largest absolute Gasteiger partial charge is 0.462 e. The zero-order valence-electron chi connectivity index (χ0n) is 29.0. The predicted molar refractivity (Wildman–Crippen MR) is 195 cm³/mol. The van der Waals surface area contributed by atoms with Crippen LogP contribution in [0.1, 0.15) is 129 Å². The highest BCUT2D eigenvalue weighted by Crippen LogP contribution is 2.11. The van der Waals surface area contributed by atoms with E-state index in [9.17, 15) is 14.7 Å². The normalized spacial score (nSPS) is 13.4. The Morgan fingerprint density at radius 3 is 1.59 bits per heavy atom. The highest BCUT2D eigenvalue weighted by Gasteiger charge is 2.16. The van der Waals surface area contributed by atoms with Crippen molar-refractivity contribution in [2.45, 2.75) is 136 Å². The summed E-state index contributed by atoms with van der Waals surface area (Å²) in [5.41, 5.74) is 0. The number of carbonyl (C=O) groups is 2. The Morgan fingerprint density at radius 2 is 0.978 bits per heavy atom. The maximum Gasteiger partial charge on any atom is 0.306 e. The molecule has 0 rings (SSSR count). The molecule has 0 radical (unpaired) electrons. The number of rotatable bonds is 30. The molecule has 258 valence electrons. The van der Waals surface area contributed by atoms with Crippen molar-refractivity contribution in [3.63, 3.8) is 0 Å². The second-order valence-corrected chi connectivity index (χ2v) is 11.3. The standard InChI is InChI=1S/C41H64O5/c1-3-5-7-9-11-13-15-17-18-19-20-21-22-24-26-28-30-32-34-36-41(44)46-39(37-42)38-45-40(43)35-33-31-29-27-25-23-16-14-12-10-8-6-4-2/h5-8,10-14,16-18,20-21,23,25,39,42H,3-4,9,15,19,22,24,26-38H2,1-2H3/b7-5+,8-6+,12-10+,13-11+,16-14+,18-17+,21-20+,25-23+. The Morgan fingerprint density at radius 1 is 0.522 bits per heavy atom. The highest BCUT2D eigenvalue weighted by atomic mass is 16.6. The van der Waals surface area contributed by atoms with Crippen LogP contribution in [-0.4, -0.2) is 36.4 Å². The molecule has 0 aromatic carbocycles. The number of hydrogen-bond acceptors (Lipinski definition) is 5. The van der Waals surface area contributed by atoms with Gasteiger partial charge >= 0.3 is 11.9 Å². The first-order valence-corrected chi connectivity index (χ1v) is 17.8. The van der Waals surface area contributed by atoms with E-state index in [2.05, 4.69) is 74.6 Å². The molecule has 5 heteroatoms. The minimum absolute atomic E-state index is 0.0991. The second kappa shape index (κ2) is 36.3. The third-order valence-electron chi connectivity index (χ3n) is 6.97. The Labute approximate surface area is 281 Å². The lowest BCUT2D eigenvalue weighted by atomic mass is 10.1. The van der Waals surface area contributed by atoms with Crippen molar-refractivity contribution in [3.8, 4) is 0 Å². The zero-order valence-corrected chi connectivity index (χ0v) is 29.0. The Kier molecular flexibility index (Phi) is 33.8. The van der Waals surface area contributed by atoms with E-state index in [1.165, 1.54) is 19.3 Å². The molecule has 0 aliphatic heterocycles. The van der Waals surface area contributed by atoms with Crippen LogP contribution in [0.3, 0.4) is 0 Å². The van der Waals surface area contributed by atoms with Crippen molar-refractivity contribution >= 4 is 11.9 Å². The fourth-order valence-corrected chi connectivity index (χ4v) is 4.32. The van der Waals surface area contributed by atoms with E-state index in [0.717, 1.165) is 83.5 Å². The fourth-order valence-electron chi connectivity index (χ4n) is 4.32. The number of hydrogen-bond donors (Lipinski definition) is 1. The van der Waals surface area contributed by atoms with Crippen molar-refractivity contribution in [2.75, 3.05) is 13.2 Å². The van der Waals surface area contributed by atoms with Crippen molar-refractivity contribution in [1.29, 1.82) is 0 Å². The van der Waals surface area contributed by atoms with Crippen LogP contribution in [0.2, 0.25) is 0 Å². The molecule has 0 spiro atoms.